The number of nitrogens with zero attached hydrogens (tertiary/aromatic N) is 1. The first-order chi connectivity index (χ1) is 6.83. The number of carbonyl (C=O) groups is 1. The molecule has 1 rings (SSSR count). The lowest BCUT2D eigenvalue weighted by Gasteiger charge is -2.01. The van der Waals surface area contributed by atoms with Crippen molar-refractivity contribution in [1.29, 1.82) is 0 Å². The van der Waals surface area contributed by atoms with E-state index in [4.69, 9.17) is 4.74 Å². The van der Waals surface area contributed by atoms with Crippen molar-refractivity contribution >= 4 is 5.97 Å². The van der Waals surface area contributed by atoms with E-state index in [0.717, 1.165) is 19.3 Å². The van der Waals surface area contributed by atoms with E-state index in [-0.39, 0.29) is 5.97 Å². The average Bonchev–Trinajstić information content (AvgIpc) is 2.20. The summed E-state index contributed by atoms with van der Waals surface area (Å²) in [7, 11) is 0. The molecule has 14 heavy (non-hydrogen) atoms. The summed E-state index contributed by atoms with van der Waals surface area (Å²) in [5.74, 6) is 0.111. The fourth-order valence-corrected chi connectivity index (χ4v) is 1.05. The van der Waals surface area contributed by atoms with E-state index in [1.807, 2.05) is 0 Å². The minimum atomic E-state index is -0.217. The van der Waals surface area contributed by atoms with E-state index >= 15 is 0 Å². The topological polar surface area (TPSA) is 39.2 Å². The Hall–Kier alpha value is -1.38. The molecule has 0 aromatic carbocycles. The maximum atomic E-state index is 11.2. The molecule has 0 aliphatic carbocycles. The van der Waals surface area contributed by atoms with Gasteiger partial charge in [0, 0.05) is 18.7 Å². The van der Waals surface area contributed by atoms with Crippen LogP contribution in [0.15, 0.2) is 18.3 Å². The molecule has 3 heteroatoms. The molecule has 3 nitrogen and oxygen atoms in total. The minimum absolute atomic E-state index is 0.217. The van der Waals surface area contributed by atoms with Crippen molar-refractivity contribution < 1.29 is 9.53 Å². The van der Waals surface area contributed by atoms with Gasteiger partial charge in [0.15, 0.2) is 0 Å². The number of pyridine rings is 1. The molecule has 75 valence electrons. The molecular weight excluding hydrogens is 178 g/mol. The molecule has 1 aromatic rings. The highest BCUT2D eigenvalue weighted by atomic mass is 16.5. The zero-order valence-electron chi connectivity index (χ0n) is 8.32. The Morgan fingerprint density at radius 1 is 1.57 bits per heavy atom. The first-order valence-corrected chi connectivity index (χ1v) is 4.85. The van der Waals surface area contributed by atoms with Gasteiger partial charge in [-0.3, -0.25) is 4.79 Å². The number of aromatic nitrogens is 1. The van der Waals surface area contributed by atoms with Crippen molar-refractivity contribution in [2.75, 3.05) is 0 Å². The first kappa shape index (κ1) is 10.7. The van der Waals surface area contributed by atoms with Crippen LogP contribution in [0.25, 0.3) is 0 Å². The standard InChI is InChI=1S/C11H14NO2/c1-2-3-4-8-11(13)14-10-7-5-6-9-12-10/h6-7,9H,2-4,8H2,1H3. The van der Waals surface area contributed by atoms with Crippen LogP contribution >= 0.6 is 0 Å². The van der Waals surface area contributed by atoms with Crippen molar-refractivity contribution in [3.05, 3.63) is 24.4 Å². The van der Waals surface area contributed by atoms with Gasteiger partial charge in [-0.15, -0.1) is 0 Å². The quantitative estimate of drug-likeness (QED) is 0.531. The maximum absolute atomic E-state index is 11.2. The van der Waals surface area contributed by atoms with Crippen molar-refractivity contribution in [3.63, 3.8) is 0 Å². The van der Waals surface area contributed by atoms with E-state index in [9.17, 15) is 4.79 Å². The third kappa shape index (κ3) is 4.03. The fraction of sp³-hybridized carbons (Fsp3) is 0.455. The van der Waals surface area contributed by atoms with Gasteiger partial charge in [0.25, 0.3) is 0 Å². The highest BCUT2D eigenvalue weighted by Crippen LogP contribution is 2.06. The molecule has 0 aliphatic heterocycles. The highest BCUT2D eigenvalue weighted by Gasteiger charge is 2.03. The number of rotatable bonds is 5. The summed E-state index contributed by atoms with van der Waals surface area (Å²) in [6.07, 6.45) is 5.05. The molecule has 1 aromatic heterocycles. The van der Waals surface area contributed by atoms with Crippen molar-refractivity contribution in [3.8, 4) is 5.88 Å². The van der Waals surface area contributed by atoms with Crippen LogP contribution < -0.4 is 4.74 Å². The summed E-state index contributed by atoms with van der Waals surface area (Å²) < 4.78 is 4.98. The van der Waals surface area contributed by atoms with Crippen LogP contribution in [-0.2, 0) is 4.79 Å². The summed E-state index contributed by atoms with van der Waals surface area (Å²) in [4.78, 5) is 15.1. The summed E-state index contributed by atoms with van der Waals surface area (Å²) in [6.45, 7) is 2.10. The molecule has 0 aliphatic rings. The second-order valence-electron chi connectivity index (χ2n) is 3.03. The predicted octanol–water partition coefficient (Wildman–Crippen LogP) is 2.37. The average molecular weight is 192 g/mol. The molecule has 0 saturated heterocycles. The van der Waals surface area contributed by atoms with Gasteiger partial charge in [0.1, 0.15) is 0 Å². The summed E-state index contributed by atoms with van der Waals surface area (Å²) in [5, 5.41) is 0. The van der Waals surface area contributed by atoms with E-state index < -0.39 is 0 Å². The molecular formula is C11H14NO2. The van der Waals surface area contributed by atoms with Crippen LogP contribution in [0.5, 0.6) is 5.88 Å². The van der Waals surface area contributed by atoms with Crippen LogP contribution in [0.2, 0.25) is 0 Å². The Morgan fingerprint density at radius 2 is 2.43 bits per heavy atom. The van der Waals surface area contributed by atoms with Crippen LogP contribution in [0.1, 0.15) is 32.6 Å². The Labute approximate surface area is 84.1 Å². The first-order valence-electron chi connectivity index (χ1n) is 4.85. The fourth-order valence-electron chi connectivity index (χ4n) is 1.05. The normalized spacial score (nSPS) is 9.79. The van der Waals surface area contributed by atoms with E-state index in [0.29, 0.717) is 12.3 Å². The molecule has 0 amide bonds. The van der Waals surface area contributed by atoms with Crippen molar-refractivity contribution in [2.24, 2.45) is 0 Å². The number of carbonyl (C=O) groups excluding carboxylic acids is 1. The maximum Gasteiger partial charge on any atom is 0.312 e. The molecule has 1 radical (unpaired) electrons. The SMILES string of the molecule is CCCCCC(=O)Oc1c[c]ccn1. The summed E-state index contributed by atoms with van der Waals surface area (Å²) in [6, 6.07) is 6.01. The second-order valence-corrected chi connectivity index (χ2v) is 3.03. The molecule has 0 unspecified atom stereocenters. The van der Waals surface area contributed by atoms with Gasteiger partial charge in [0.05, 0.1) is 0 Å². The highest BCUT2D eigenvalue weighted by molar-refractivity contribution is 5.71. The molecule has 0 fully saturated rings. The van der Waals surface area contributed by atoms with E-state index in [1.54, 1.807) is 18.3 Å². The third-order valence-corrected chi connectivity index (χ3v) is 1.78. The van der Waals surface area contributed by atoms with Gasteiger partial charge >= 0.3 is 5.97 Å². The van der Waals surface area contributed by atoms with E-state index in [2.05, 4.69) is 18.0 Å². The summed E-state index contributed by atoms with van der Waals surface area (Å²) in [5.41, 5.74) is 0. The molecule has 0 atom stereocenters. The smallest absolute Gasteiger partial charge is 0.312 e. The largest absolute Gasteiger partial charge is 0.407 e. The van der Waals surface area contributed by atoms with E-state index in [1.165, 1.54) is 0 Å². The number of esters is 1. The Kier molecular flexibility index (Phi) is 4.69. The zero-order valence-corrected chi connectivity index (χ0v) is 8.32. The lowest BCUT2D eigenvalue weighted by atomic mass is 10.2. The molecule has 0 bridgehead atoms. The minimum Gasteiger partial charge on any atom is -0.407 e. The van der Waals surface area contributed by atoms with Gasteiger partial charge in [-0.2, -0.15) is 0 Å². The lowest BCUT2D eigenvalue weighted by Crippen LogP contribution is -2.08. The molecule has 1 heterocycles. The van der Waals surface area contributed by atoms with Gasteiger partial charge in [-0.05, 0) is 18.6 Å². The number of hydrogen-bond acceptors (Lipinski definition) is 3. The lowest BCUT2D eigenvalue weighted by molar-refractivity contribution is -0.134. The Balaban J connectivity index is 2.27. The van der Waals surface area contributed by atoms with Crippen LogP contribution in [0.3, 0.4) is 0 Å². The van der Waals surface area contributed by atoms with Crippen molar-refractivity contribution in [1.82, 2.24) is 4.98 Å². The van der Waals surface area contributed by atoms with Gasteiger partial charge < -0.3 is 4.74 Å². The number of hydrogen-bond donors (Lipinski definition) is 0. The van der Waals surface area contributed by atoms with Gasteiger partial charge in [-0.1, -0.05) is 19.8 Å². The number of unbranched alkanes of at least 4 members (excludes halogenated alkanes) is 2. The predicted molar refractivity (Wildman–Crippen MR) is 52.9 cm³/mol. The van der Waals surface area contributed by atoms with Gasteiger partial charge in [0.2, 0.25) is 5.88 Å². The molecule has 0 saturated carbocycles. The molecule has 0 N–H and O–H groups in total. The van der Waals surface area contributed by atoms with Crippen LogP contribution in [0, 0.1) is 6.07 Å². The zero-order chi connectivity index (χ0) is 10.2. The third-order valence-electron chi connectivity index (χ3n) is 1.78. The Morgan fingerprint density at radius 3 is 3.07 bits per heavy atom. The van der Waals surface area contributed by atoms with Crippen LogP contribution in [0.4, 0.5) is 0 Å². The Bertz CT molecular complexity index is 272. The van der Waals surface area contributed by atoms with Crippen molar-refractivity contribution in [2.45, 2.75) is 32.6 Å². The number of ether oxygens (including phenoxy) is 1. The molecule has 0 spiro atoms. The monoisotopic (exact) mass is 192 g/mol. The summed E-state index contributed by atoms with van der Waals surface area (Å²) >= 11 is 0. The second kappa shape index (κ2) is 6.13. The van der Waals surface area contributed by atoms with Gasteiger partial charge in [-0.25, -0.2) is 4.98 Å². The van der Waals surface area contributed by atoms with Crippen LogP contribution in [-0.4, -0.2) is 11.0 Å².